The van der Waals surface area contributed by atoms with Crippen molar-refractivity contribution < 1.29 is 17.6 Å². The Hall–Kier alpha value is -1.92. The number of benzene rings is 1. The average Bonchev–Trinajstić information content (AvgIpc) is 3.43. The molecule has 1 fully saturated rings. The molecule has 3 heterocycles. The lowest BCUT2D eigenvalue weighted by atomic mass is 10.2. The van der Waals surface area contributed by atoms with Crippen LogP contribution < -0.4 is 5.32 Å². The maximum absolute atomic E-state index is 13.7. The van der Waals surface area contributed by atoms with Crippen LogP contribution in [0.5, 0.6) is 0 Å². The number of para-hydroxylation sites is 1. The molecule has 1 N–H and O–H groups in total. The minimum absolute atomic E-state index is 0.0340. The monoisotopic (exact) mass is 472 g/mol. The summed E-state index contributed by atoms with van der Waals surface area (Å²) in [5.74, 6) is -1.16. The van der Waals surface area contributed by atoms with Gasteiger partial charge in [0.15, 0.2) is 0 Å². The summed E-state index contributed by atoms with van der Waals surface area (Å²) in [6.45, 7) is 0.346. The van der Waals surface area contributed by atoms with Crippen molar-refractivity contribution in [2.45, 2.75) is 23.1 Å². The van der Waals surface area contributed by atoms with Crippen molar-refractivity contribution in [3.8, 4) is 0 Å². The van der Waals surface area contributed by atoms with Gasteiger partial charge in [-0.1, -0.05) is 35.1 Å². The third-order valence-electron chi connectivity index (χ3n) is 4.36. The molecular weight excluding hydrogens is 459 g/mol. The van der Waals surface area contributed by atoms with Gasteiger partial charge in [-0.3, -0.25) is 4.79 Å². The summed E-state index contributed by atoms with van der Waals surface area (Å²) in [4.78, 5) is 12.4. The van der Waals surface area contributed by atoms with E-state index in [2.05, 4.69) is 15.5 Å². The van der Waals surface area contributed by atoms with Crippen molar-refractivity contribution in [3.05, 3.63) is 56.6 Å². The first-order valence-corrected chi connectivity index (χ1v) is 12.0. The van der Waals surface area contributed by atoms with Gasteiger partial charge in [-0.15, -0.1) is 21.5 Å². The Kier molecular flexibility index (Phi) is 5.67. The molecule has 3 aromatic rings. The predicted molar refractivity (Wildman–Crippen MR) is 109 cm³/mol. The number of amides is 1. The van der Waals surface area contributed by atoms with Gasteiger partial charge in [-0.05, 0) is 37.1 Å². The number of nitrogens with zero attached hydrogens (tertiary/aromatic N) is 3. The van der Waals surface area contributed by atoms with Crippen LogP contribution in [0.4, 0.5) is 10.1 Å². The van der Waals surface area contributed by atoms with Gasteiger partial charge in [0.1, 0.15) is 15.0 Å². The second-order valence-corrected chi connectivity index (χ2v) is 11.1. The minimum atomic E-state index is -3.72. The molecule has 0 saturated carbocycles. The number of hydrogen-bond donors (Lipinski definition) is 1. The fourth-order valence-electron chi connectivity index (χ4n) is 3.03. The topological polar surface area (TPSA) is 92.3 Å². The molecule has 29 heavy (non-hydrogen) atoms. The summed E-state index contributed by atoms with van der Waals surface area (Å²) in [5, 5.41) is 10.8. The highest BCUT2D eigenvalue weighted by molar-refractivity contribution is 7.91. The summed E-state index contributed by atoms with van der Waals surface area (Å²) in [7, 11) is -3.72. The van der Waals surface area contributed by atoms with Crippen molar-refractivity contribution in [1.82, 2.24) is 14.5 Å². The molecule has 2 aromatic heterocycles. The molecule has 1 aromatic carbocycles. The van der Waals surface area contributed by atoms with Gasteiger partial charge in [0.2, 0.25) is 5.01 Å². The quantitative estimate of drug-likeness (QED) is 0.601. The number of aromatic nitrogens is 2. The Balaban J connectivity index is 1.55. The van der Waals surface area contributed by atoms with Crippen LogP contribution in [0.2, 0.25) is 4.34 Å². The summed E-state index contributed by atoms with van der Waals surface area (Å²) >= 11 is 7.88. The molecule has 4 rings (SSSR count). The van der Waals surface area contributed by atoms with E-state index in [1.54, 1.807) is 12.1 Å². The summed E-state index contributed by atoms with van der Waals surface area (Å²) < 4.78 is 41.6. The Labute approximate surface area is 179 Å². The molecule has 1 saturated heterocycles. The number of hydrogen-bond acceptors (Lipinski definition) is 7. The van der Waals surface area contributed by atoms with Crippen LogP contribution in [0.3, 0.4) is 0 Å². The largest absolute Gasteiger partial charge is 0.317 e. The van der Waals surface area contributed by atoms with Gasteiger partial charge in [-0.2, -0.15) is 4.31 Å². The fourth-order valence-corrected chi connectivity index (χ4v) is 7.25. The molecule has 0 aliphatic carbocycles. The van der Waals surface area contributed by atoms with Gasteiger partial charge in [-0.25, -0.2) is 12.8 Å². The molecule has 12 heteroatoms. The van der Waals surface area contributed by atoms with E-state index >= 15 is 0 Å². The molecule has 0 bridgehead atoms. The Morgan fingerprint density at radius 3 is 2.72 bits per heavy atom. The third kappa shape index (κ3) is 4.05. The number of thiophene rings is 1. The second kappa shape index (κ2) is 8.07. The average molecular weight is 473 g/mol. The van der Waals surface area contributed by atoms with Gasteiger partial charge in [0.05, 0.1) is 16.1 Å². The van der Waals surface area contributed by atoms with E-state index in [-0.39, 0.29) is 14.9 Å². The fraction of sp³-hybridized carbons (Fsp3) is 0.235. The van der Waals surface area contributed by atoms with E-state index in [0.29, 0.717) is 28.7 Å². The van der Waals surface area contributed by atoms with Crippen LogP contribution in [-0.2, 0) is 10.0 Å². The molecule has 0 radical (unpaired) electrons. The number of carbonyl (C=O) groups excluding carboxylic acids is 1. The van der Waals surface area contributed by atoms with Gasteiger partial charge in [0, 0.05) is 6.54 Å². The van der Waals surface area contributed by atoms with Crippen molar-refractivity contribution in [1.29, 1.82) is 0 Å². The Morgan fingerprint density at radius 1 is 1.21 bits per heavy atom. The number of carbonyl (C=O) groups is 1. The van der Waals surface area contributed by atoms with Gasteiger partial charge in [0.25, 0.3) is 15.9 Å². The molecule has 0 spiro atoms. The highest BCUT2D eigenvalue weighted by Gasteiger charge is 2.39. The highest BCUT2D eigenvalue weighted by atomic mass is 35.5. The molecular formula is C17H14ClFN4O3S3. The number of rotatable bonds is 5. The van der Waals surface area contributed by atoms with Crippen LogP contribution in [0.25, 0.3) is 0 Å². The Morgan fingerprint density at radius 2 is 2.00 bits per heavy atom. The number of halogens is 2. The smallest absolute Gasteiger partial charge is 0.286 e. The number of nitrogens with one attached hydrogen (secondary N) is 1. The van der Waals surface area contributed by atoms with Crippen molar-refractivity contribution in [2.75, 3.05) is 11.9 Å². The zero-order valence-electron chi connectivity index (χ0n) is 14.7. The van der Waals surface area contributed by atoms with Crippen molar-refractivity contribution >= 4 is 55.9 Å². The summed E-state index contributed by atoms with van der Waals surface area (Å²) in [6.07, 6.45) is 1.24. The summed E-state index contributed by atoms with van der Waals surface area (Å²) in [5.41, 5.74) is 0.0360. The predicted octanol–water partition coefficient (Wildman–Crippen LogP) is 4.17. The van der Waals surface area contributed by atoms with Gasteiger partial charge >= 0.3 is 0 Å². The zero-order chi connectivity index (χ0) is 20.6. The van der Waals surface area contributed by atoms with Crippen LogP contribution in [-0.4, -0.2) is 35.4 Å². The first-order chi connectivity index (χ1) is 13.9. The molecule has 0 unspecified atom stereocenters. The molecule has 1 aliphatic heterocycles. The molecule has 1 atom stereocenters. The van der Waals surface area contributed by atoms with Crippen LogP contribution in [0, 0.1) is 5.82 Å². The first kappa shape index (κ1) is 20.4. The van der Waals surface area contributed by atoms with E-state index in [0.717, 1.165) is 22.7 Å². The first-order valence-electron chi connectivity index (χ1n) is 8.53. The molecule has 1 amide bonds. The van der Waals surface area contributed by atoms with Gasteiger partial charge < -0.3 is 5.32 Å². The number of anilines is 1. The normalized spacial score (nSPS) is 17.5. The highest BCUT2D eigenvalue weighted by Crippen LogP contribution is 2.39. The minimum Gasteiger partial charge on any atom is -0.317 e. The van der Waals surface area contributed by atoms with Crippen LogP contribution >= 0.6 is 34.3 Å². The molecule has 152 valence electrons. The van der Waals surface area contributed by atoms with E-state index < -0.39 is 27.8 Å². The standard InChI is InChI=1S/C17H14ClFN4O3S3/c18-13-7-8-14(27-13)29(25,26)23-9-3-6-12(23)16-21-22-17(28-16)15(24)20-11-5-2-1-4-10(11)19/h1-2,4-5,7-8,12H,3,6,9H2,(H,20,24)/t12-/m0/s1. The number of sulfonamides is 1. The lowest BCUT2D eigenvalue weighted by Gasteiger charge is -2.21. The van der Waals surface area contributed by atoms with Crippen molar-refractivity contribution in [2.24, 2.45) is 0 Å². The zero-order valence-corrected chi connectivity index (χ0v) is 17.9. The second-order valence-electron chi connectivity index (χ2n) is 6.21. The van der Waals surface area contributed by atoms with Crippen LogP contribution in [0.15, 0.2) is 40.6 Å². The SMILES string of the molecule is O=C(Nc1ccccc1F)c1nnc([C@@H]2CCCN2S(=O)(=O)c2ccc(Cl)s2)s1. The molecule has 1 aliphatic rings. The maximum atomic E-state index is 13.7. The maximum Gasteiger partial charge on any atom is 0.286 e. The van der Waals surface area contributed by atoms with Crippen molar-refractivity contribution in [3.63, 3.8) is 0 Å². The summed E-state index contributed by atoms with van der Waals surface area (Å²) in [6, 6.07) is 8.30. The van der Waals surface area contributed by atoms with E-state index in [4.69, 9.17) is 11.6 Å². The lowest BCUT2D eigenvalue weighted by molar-refractivity contribution is 0.102. The van der Waals surface area contributed by atoms with Crippen LogP contribution in [0.1, 0.15) is 33.7 Å². The third-order valence-corrected chi connectivity index (χ3v) is 8.99. The van der Waals surface area contributed by atoms with E-state index in [1.807, 2.05) is 0 Å². The lowest BCUT2D eigenvalue weighted by Crippen LogP contribution is -2.30. The van der Waals surface area contributed by atoms with E-state index in [9.17, 15) is 17.6 Å². The van der Waals surface area contributed by atoms with E-state index in [1.165, 1.54) is 28.6 Å². The Bertz CT molecular complexity index is 1160. The molecule has 7 nitrogen and oxygen atoms in total.